The minimum Gasteiger partial charge on any atom is -0.368 e. The number of hydrogen-bond donors (Lipinski definition) is 0. The summed E-state index contributed by atoms with van der Waals surface area (Å²) in [5.74, 6) is 0.00515. The molecule has 3 heterocycles. The van der Waals surface area contributed by atoms with Gasteiger partial charge in [0.2, 0.25) is 0 Å². The molecular formula is C29H31ClN4O2. The first kappa shape index (κ1) is 23.2. The molecule has 7 heteroatoms. The molecule has 0 atom stereocenters. The number of carbonyl (C=O) groups is 1. The van der Waals surface area contributed by atoms with Gasteiger partial charge >= 0.3 is 0 Å². The van der Waals surface area contributed by atoms with Crippen molar-refractivity contribution in [3.8, 4) is 0 Å². The summed E-state index contributed by atoms with van der Waals surface area (Å²) in [4.78, 5) is 32.0. The highest BCUT2D eigenvalue weighted by molar-refractivity contribution is 6.30. The molecule has 1 saturated heterocycles. The second kappa shape index (κ2) is 9.00. The predicted molar refractivity (Wildman–Crippen MR) is 146 cm³/mol. The minimum atomic E-state index is 0.00515. The summed E-state index contributed by atoms with van der Waals surface area (Å²) >= 11 is 6.26. The van der Waals surface area contributed by atoms with E-state index in [1.54, 1.807) is 0 Å². The molecule has 2 aromatic heterocycles. The number of anilines is 1. The number of piperazine rings is 1. The summed E-state index contributed by atoms with van der Waals surface area (Å²) in [6, 6.07) is 14.1. The molecule has 1 amide bonds. The molecular weight excluding hydrogens is 472 g/mol. The van der Waals surface area contributed by atoms with Crippen LogP contribution in [0.3, 0.4) is 0 Å². The maximum atomic E-state index is 14.1. The van der Waals surface area contributed by atoms with E-state index in [1.165, 1.54) is 5.56 Å². The van der Waals surface area contributed by atoms with Gasteiger partial charge in [-0.15, -0.1) is 0 Å². The van der Waals surface area contributed by atoms with Gasteiger partial charge < -0.3 is 18.9 Å². The fourth-order valence-electron chi connectivity index (χ4n) is 6.16. The van der Waals surface area contributed by atoms with Gasteiger partial charge in [0.1, 0.15) is 5.52 Å². The molecule has 36 heavy (non-hydrogen) atoms. The van der Waals surface area contributed by atoms with E-state index >= 15 is 0 Å². The Morgan fingerprint density at radius 1 is 1.00 bits per heavy atom. The highest BCUT2D eigenvalue weighted by Gasteiger charge is 2.29. The maximum absolute atomic E-state index is 14.1. The van der Waals surface area contributed by atoms with Crippen molar-refractivity contribution in [3.05, 3.63) is 75.2 Å². The number of aromatic nitrogens is 2. The molecule has 0 bridgehead atoms. The molecule has 2 fully saturated rings. The fraction of sp³-hybridized carbons (Fsp3) is 0.379. The Morgan fingerprint density at radius 2 is 1.72 bits per heavy atom. The first-order valence-corrected chi connectivity index (χ1v) is 13.2. The van der Waals surface area contributed by atoms with Crippen molar-refractivity contribution >= 4 is 45.0 Å². The number of hydrogen-bond acceptors (Lipinski definition) is 3. The van der Waals surface area contributed by atoms with Gasteiger partial charge in [-0.1, -0.05) is 48.7 Å². The van der Waals surface area contributed by atoms with Crippen LogP contribution in [-0.4, -0.2) is 46.1 Å². The van der Waals surface area contributed by atoms with Crippen LogP contribution in [-0.2, 0) is 7.05 Å². The number of benzene rings is 2. The number of pyridine rings is 1. The zero-order valence-electron chi connectivity index (χ0n) is 20.8. The highest BCUT2D eigenvalue weighted by Crippen LogP contribution is 2.34. The van der Waals surface area contributed by atoms with Crippen molar-refractivity contribution in [3.63, 3.8) is 0 Å². The molecule has 1 aliphatic carbocycles. The van der Waals surface area contributed by atoms with Gasteiger partial charge in [0, 0.05) is 72.5 Å². The number of carbonyl (C=O) groups excluding carboxylic acids is 1. The molecule has 4 aromatic rings. The molecule has 0 N–H and O–H groups in total. The Hall–Kier alpha value is -3.25. The van der Waals surface area contributed by atoms with Gasteiger partial charge in [0.25, 0.3) is 11.5 Å². The summed E-state index contributed by atoms with van der Waals surface area (Å²) in [5, 5.41) is 2.47. The standard InChI is InChI=1S/C29H31ClN4O2/c1-19-11-12-20(30)17-25(19)32-13-15-33(16-14-32)28(35)23-18-34(21-7-3-4-8-21)29(36)27-26(23)22-9-5-6-10-24(22)31(27)2/h5-6,9-12,17-18,21H,3-4,7-8,13-16H2,1-2H3. The minimum absolute atomic E-state index is 0.00515. The van der Waals surface area contributed by atoms with Crippen molar-refractivity contribution in [2.45, 2.75) is 38.6 Å². The second-order valence-electron chi connectivity index (χ2n) is 10.2. The van der Waals surface area contributed by atoms with Gasteiger partial charge in [-0.3, -0.25) is 9.59 Å². The molecule has 0 unspecified atom stereocenters. The molecule has 186 valence electrons. The fourth-order valence-corrected chi connectivity index (χ4v) is 6.33. The van der Waals surface area contributed by atoms with E-state index < -0.39 is 0 Å². The SMILES string of the molecule is Cc1ccc(Cl)cc1N1CCN(C(=O)c2cn(C3CCCC3)c(=O)c3c2c2ccccc2n3C)CC1. The number of fused-ring (bicyclic) bond motifs is 3. The predicted octanol–water partition coefficient (Wildman–Crippen LogP) is 5.53. The third-order valence-corrected chi connectivity index (χ3v) is 8.34. The number of amides is 1. The molecule has 1 saturated carbocycles. The highest BCUT2D eigenvalue weighted by atomic mass is 35.5. The van der Waals surface area contributed by atoms with Crippen LogP contribution in [0.4, 0.5) is 5.69 Å². The van der Waals surface area contributed by atoms with Crippen LogP contribution in [0.5, 0.6) is 0 Å². The third kappa shape index (κ3) is 3.70. The van der Waals surface area contributed by atoms with Crippen LogP contribution in [0.25, 0.3) is 21.8 Å². The molecule has 6 nitrogen and oxygen atoms in total. The Labute approximate surface area is 215 Å². The van der Waals surface area contributed by atoms with Crippen LogP contribution in [0.1, 0.15) is 47.6 Å². The zero-order chi connectivity index (χ0) is 25.0. The average Bonchev–Trinajstić information content (AvgIpc) is 3.53. The van der Waals surface area contributed by atoms with Crippen molar-refractivity contribution in [2.24, 2.45) is 7.05 Å². The second-order valence-corrected chi connectivity index (χ2v) is 10.6. The summed E-state index contributed by atoms with van der Waals surface area (Å²) in [5.41, 5.74) is 4.56. The monoisotopic (exact) mass is 502 g/mol. The quantitative estimate of drug-likeness (QED) is 0.370. The van der Waals surface area contributed by atoms with Gasteiger partial charge in [-0.2, -0.15) is 0 Å². The molecule has 2 aromatic carbocycles. The Balaban J connectivity index is 1.41. The van der Waals surface area contributed by atoms with E-state index in [1.807, 2.05) is 69.7 Å². The van der Waals surface area contributed by atoms with Crippen LogP contribution < -0.4 is 10.5 Å². The lowest BCUT2D eigenvalue weighted by Gasteiger charge is -2.37. The van der Waals surface area contributed by atoms with Gasteiger partial charge in [-0.25, -0.2) is 0 Å². The van der Waals surface area contributed by atoms with Crippen molar-refractivity contribution in [1.82, 2.24) is 14.0 Å². The zero-order valence-corrected chi connectivity index (χ0v) is 21.6. The smallest absolute Gasteiger partial charge is 0.275 e. The Bertz CT molecular complexity index is 1540. The topological polar surface area (TPSA) is 50.5 Å². The lowest BCUT2D eigenvalue weighted by atomic mass is 10.1. The first-order valence-electron chi connectivity index (χ1n) is 12.9. The van der Waals surface area contributed by atoms with E-state index in [9.17, 15) is 9.59 Å². The van der Waals surface area contributed by atoms with Gasteiger partial charge in [-0.05, 0) is 43.5 Å². The number of halogens is 1. The molecule has 0 spiro atoms. The summed E-state index contributed by atoms with van der Waals surface area (Å²) < 4.78 is 3.82. The van der Waals surface area contributed by atoms with Crippen LogP contribution in [0, 0.1) is 6.92 Å². The first-order chi connectivity index (χ1) is 17.4. The number of nitrogens with zero attached hydrogens (tertiary/aromatic N) is 4. The number of para-hydroxylation sites is 1. The van der Waals surface area contributed by atoms with Gasteiger partial charge in [0.05, 0.1) is 5.56 Å². The average molecular weight is 503 g/mol. The molecule has 2 aliphatic rings. The van der Waals surface area contributed by atoms with E-state index in [0.717, 1.165) is 65.8 Å². The third-order valence-electron chi connectivity index (χ3n) is 8.11. The summed E-state index contributed by atoms with van der Waals surface area (Å²) in [6.07, 6.45) is 6.08. The van der Waals surface area contributed by atoms with E-state index in [0.29, 0.717) is 24.2 Å². The summed E-state index contributed by atoms with van der Waals surface area (Å²) in [6.45, 7) is 4.83. The normalized spacial score (nSPS) is 17.0. The lowest BCUT2D eigenvalue weighted by Crippen LogP contribution is -2.49. The number of aryl methyl sites for hydroxylation is 2. The van der Waals surface area contributed by atoms with E-state index in [2.05, 4.69) is 11.8 Å². The van der Waals surface area contributed by atoms with Crippen molar-refractivity contribution in [1.29, 1.82) is 0 Å². The van der Waals surface area contributed by atoms with Crippen molar-refractivity contribution in [2.75, 3.05) is 31.1 Å². The van der Waals surface area contributed by atoms with E-state index in [4.69, 9.17) is 11.6 Å². The largest absolute Gasteiger partial charge is 0.368 e. The van der Waals surface area contributed by atoms with Crippen LogP contribution in [0.2, 0.25) is 5.02 Å². The van der Waals surface area contributed by atoms with Crippen LogP contribution >= 0.6 is 11.6 Å². The summed E-state index contributed by atoms with van der Waals surface area (Å²) in [7, 11) is 1.94. The van der Waals surface area contributed by atoms with Crippen molar-refractivity contribution < 1.29 is 4.79 Å². The lowest BCUT2D eigenvalue weighted by molar-refractivity contribution is 0.0747. The molecule has 1 aliphatic heterocycles. The molecule has 0 radical (unpaired) electrons. The Kier molecular flexibility index (Phi) is 5.79. The van der Waals surface area contributed by atoms with Gasteiger partial charge in [0.15, 0.2) is 0 Å². The molecule has 6 rings (SSSR count). The number of rotatable bonds is 3. The van der Waals surface area contributed by atoms with E-state index in [-0.39, 0.29) is 17.5 Å². The maximum Gasteiger partial charge on any atom is 0.275 e. The van der Waals surface area contributed by atoms with Crippen LogP contribution in [0.15, 0.2) is 53.5 Å². The Morgan fingerprint density at radius 3 is 2.47 bits per heavy atom.